The fourth-order valence-electron chi connectivity index (χ4n) is 1.98. The van der Waals surface area contributed by atoms with E-state index in [4.69, 9.17) is 5.73 Å². The Labute approximate surface area is 125 Å². The predicted molar refractivity (Wildman–Crippen MR) is 82.9 cm³/mol. The van der Waals surface area contributed by atoms with Crippen LogP contribution in [0.25, 0.3) is 0 Å². The Hall–Kier alpha value is -0.710. The average Bonchev–Trinajstić information content (AvgIpc) is 3.19. The lowest BCUT2D eigenvalue weighted by Gasteiger charge is -2.15. The molecule has 2 rings (SSSR count). The van der Waals surface area contributed by atoms with Crippen LogP contribution < -0.4 is 11.1 Å². The van der Waals surface area contributed by atoms with E-state index in [0.29, 0.717) is 18.2 Å². The molecule has 3 N–H and O–H groups in total. The van der Waals surface area contributed by atoms with Gasteiger partial charge in [0.2, 0.25) is 5.91 Å². The molecular weight excluding hydrogens is 280 g/mol. The lowest BCUT2D eigenvalue weighted by atomic mass is 10.2. The molecule has 1 fully saturated rings. The highest BCUT2D eigenvalue weighted by atomic mass is 35.5. The Morgan fingerprint density at radius 3 is 2.74 bits per heavy atom. The van der Waals surface area contributed by atoms with Crippen molar-refractivity contribution in [3.05, 3.63) is 29.8 Å². The highest BCUT2D eigenvalue weighted by Gasteiger charge is 2.31. The van der Waals surface area contributed by atoms with Gasteiger partial charge in [0.15, 0.2) is 0 Å². The van der Waals surface area contributed by atoms with Gasteiger partial charge >= 0.3 is 0 Å². The van der Waals surface area contributed by atoms with E-state index in [9.17, 15) is 4.79 Å². The molecule has 0 saturated heterocycles. The number of hydrogen-bond acceptors (Lipinski definition) is 3. The minimum Gasteiger partial charge on any atom is -0.351 e. The van der Waals surface area contributed by atoms with Crippen LogP contribution in [0.15, 0.2) is 29.2 Å². The van der Waals surface area contributed by atoms with E-state index in [-0.39, 0.29) is 24.4 Å². The maximum Gasteiger partial charge on any atom is 0.230 e. The van der Waals surface area contributed by atoms with E-state index in [2.05, 4.69) is 24.4 Å². The molecule has 1 atom stereocenters. The van der Waals surface area contributed by atoms with E-state index in [1.54, 1.807) is 11.8 Å². The van der Waals surface area contributed by atoms with Gasteiger partial charge in [-0.05, 0) is 37.3 Å². The number of benzene rings is 1. The topological polar surface area (TPSA) is 55.1 Å². The van der Waals surface area contributed by atoms with Gasteiger partial charge in [-0.25, -0.2) is 0 Å². The molecule has 5 heteroatoms. The number of hydrogen-bond donors (Lipinski definition) is 2. The smallest absolute Gasteiger partial charge is 0.230 e. The zero-order chi connectivity index (χ0) is 13.0. The maximum absolute atomic E-state index is 11.8. The van der Waals surface area contributed by atoms with Gasteiger partial charge in [0.25, 0.3) is 0 Å². The van der Waals surface area contributed by atoms with Gasteiger partial charge < -0.3 is 11.1 Å². The molecule has 1 amide bonds. The molecule has 0 bridgehead atoms. The number of amides is 1. The third-order valence-corrected chi connectivity index (χ3v) is 4.42. The first-order valence-corrected chi connectivity index (χ1v) is 7.37. The molecule has 1 saturated carbocycles. The third kappa shape index (κ3) is 5.05. The Balaban J connectivity index is 0.00000180. The number of rotatable bonds is 6. The Morgan fingerprint density at radius 1 is 1.47 bits per heavy atom. The van der Waals surface area contributed by atoms with Crippen LogP contribution in [0.1, 0.15) is 18.4 Å². The molecular formula is C14H21ClN2OS. The molecule has 1 aromatic carbocycles. The quantitative estimate of drug-likeness (QED) is 0.793. The highest BCUT2D eigenvalue weighted by molar-refractivity contribution is 8.00. The summed E-state index contributed by atoms with van der Waals surface area (Å²) in [5.74, 6) is 1.17. The van der Waals surface area contributed by atoms with Gasteiger partial charge in [-0.1, -0.05) is 18.2 Å². The fourth-order valence-corrected chi connectivity index (χ4v) is 2.82. The molecule has 106 valence electrons. The highest BCUT2D eigenvalue weighted by Crippen LogP contribution is 2.32. The van der Waals surface area contributed by atoms with Crippen LogP contribution in [0.5, 0.6) is 0 Å². The molecule has 1 aromatic rings. The summed E-state index contributed by atoms with van der Waals surface area (Å²) >= 11 is 1.59. The minimum absolute atomic E-state index is 0. The summed E-state index contributed by atoms with van der Waals surface area (Å²) in [6.07, 6.45) is 2.40. The second-order valence-corrected chi connectivity index (χ2v) is 5.82. The van der Waals surface area contributed by atoms with Crippen molar-refractivity contribution in [3.63, 3.8) is 0 Å². The van der Waals surface area contributed by atoms with Crippen molar-refractivity contribution in [3.8, 4) is 0 Å². The van der Waals surface area contributed by atoms with Crippen LogP contribution in [-0.4, -0.2) is 24.2 Å². The van der Waals surface area contributed by atoms with Gasteiger partial charge in [-0.3, -0.25) is 4.79 Å². The number of thioether (sulfide) groups is 1. The zero-order valence-electron chi connectivity index (χ0n) is 11.1. The normalized spacial score (nSPS) is 15.5. The first-order valence-electron chi connectivity index (χ1n) is 6.38. The Kier molecular flexibility index (Phi) is 6.69. The van der Waals surface area contributed by atoms with Crippen LogP contribution in [-0.2, 0) is 4.79 Å². The largest absolute Gasteiger partial charge is 0.351 e. The molecule has 1 aliphatic carbocycles. The number of aryl methyl sites for hydroxylation is 1. The SMILES string of the molecule is Cc1ccccc1SCC(=O)NC(CN)C1CC1.Cl. The average molecular weight is 301 g/mol. The third-order valence-electron chi connectivity index (χ3n) is 3.24. The van der Waals surface area contributed by atoms with E-state index in [1.165, 1.54) is 23.3 Å². The molecule has 0 radical (unpaired) electrons. The standard InChI is InChI=1S/C14H20N2OS.ClH/c1-10-4-2-3-5-13(10)18-9-14(17)16-12(8-15)11-6-7-11;/h2-5,11-12H,6-9,15H2,1H3,(H,16,17);1H. The van der Waals surface area contributed by atoms with Gasteiger partial charge in [-0.2, -0.15) is 0 Å². The summed E-state index contributed by atoms with van der Waals surface area (Å²) < 4.78 is 0. The van der Waals surface area contributed by atoms with Crippen LogP contribution in [0, 0.1) is 12.8 Å². The lowest BCUT2D eigenvalue weighted by molar-refractivity contribution is -0.119. The Morgan fingerprint density at radius 2 is 2.16 bits per heavy atom. The Bertz CT molecular complexity index is 424. The minimum atomic E-state index is 0. The van der Waals surface area contributed by atoms with Gasteiger partial charge in [0.1, 0.15) is 0 Å². The summed E-state index contributed by atoms with van der Waals surface area (Å²) in [4.78, 5) is 13.0. The second kappa shape index (κ2) is 7.78. The van der Waals surface area contributed by atoms with Crippen molar-refractivity contribution in [1.82, 2.24) is 5.32 Å². The first kappa shape index (κ1) is 16.3. The van der Waals surface area contributed by atoms with Crippen LogP contribution in [0.2, 0.25) is 0 Å². The summed E-state index contributed by atoms with van der Waals surface area (Å²) in [5.41, 5.74) is 6.89. The number of nitrogens with two attached hydrogens (primary N) is 1. The predicted octanol–water partition coefficient (Wildman–Crippen LogP) is 2.36. The van der Waals surface area contributed by atoms with Gasteiger partial charge in [-0.15, -0.1) is 24.2 Å². The molecule has 0 heterocycles. The fraction of sp³-hybridized carbons (Fsp3) is 0.500. The monoisotopic (exact) mass is 300 g/mol. The van der Waals surface area contributed by atoms with Crippen molar-refractivity contribution >= 4 is 30.1 Å². The molecule has 0 aromatic heterocycles. The maximum atomic E-state index is 11.8. The van der Waals surface area contributed by atoms with Gasteiger partial charge in [0.05, 0.1) is 5.75 Å². The van der Waals surface area contributed by atoms with Crippen molar-refractivity contribution in [1.29, 1.82) is 0 Å². The number of halogens is 1. The van der Waals surface area contributed by atoms with Crippen LogP contribution in [0.3, 0.4) is 0 Å². The summed E-state index contributed by atoms with van der Waals surface area (Å²) in [6, 6.07) is 8.30. The molecule has 19 heavy (non-hydrogen) atoms. The summed E-state index contributed by atoms with van der Waals surface area (Å²) in [6.45, 7) is 2.61. The van der Waals surface area contributed by atoms with Crippen molar-refractivity contribution in [2.45, 2.75) is 30.7 Å². The van der Waals surface area contributed by atoms with Crippen LogP contribution in [0.4, 0.5) is 0 Å². The van der Waals surface area contributed by atoms with E-state index < -0.39 is 0 Å². The number of nitrogens with one attached hydrogen (secondary N) is 1. The lowest BCUT2D eigenvalue weighted by Crippen LogP contribution is -2.42. The summed E-state index contributed by atoms with van der Waals surface area (Å²) in [7, 11) is 0. The molecule has 3 nitrogen and oxygen atoms in total. The molecule has 1 aliphatic rings. The van der Waals surface area contributed by atoms with E-state index in [1.807, 2.05) is 12.1 Å². The zero-order valence-corrected chi connectivity index (χ0v) is 12.7. The molecule has 0 aliphatic heterocycles. The number of carbonyl (C=O) groups excluding carboxylic acids is 1. The van der Waals surface area contributed by atoms with Crippen molar-refractivity contribution in [2.75, 3.05) is 12.3 Å². The number of carbonyl (C=O) groups is 1. The first-order chi connectivity index (χ1) is 8.70. The molecule has 1 unspecified atom stereocenters. The molecule has 0 spiro atoms. The van der Waals surface area contributed by atoms with Crippen molar-refractivity contribution < 1.29 is 4.79 Å². The van der Waals surface area contributed by atoms with E-state index >= 15 is 0 Å². The van der Waals surface area contributed by atoms with E-state index in [0.717, 1.165) is 0 Å². The second-order valence-electron chi connectivity index (χ2n) is 4.80. The van der Waals surface area contributed by atoms with Crippen LogP contribution >= 0.6 is 24.2 Å². The van der Waals surface area contributed by atoms with Crippen molar-refractivity contribution in [2.24, 2.45) is 11.7 Å². The van der Waals surface area contributed by atoms with Gasteiger partial charge in [0, 0.05) is 17.5 Å². The summed E-state index contributed by atoms with van der Waals surface area (Å²) in [5, 5.41) is 3.03.